The van der Waals surface area contributed by atoms with Gasteiger partial charge in [-0.2, -0.15) is 0 Å². The van der Waals surface area contributed by atoms with E-state index in [-0.39, 0.29) is 16.9 Å². The zero-order valence-corrected chi connectivity index (χ0v) is 13.1. The molecule has 0 fully saturated rings. The highest BCUT2D eigenvalue weighted by Gasteiger charge is 2.49. The van der Waals surface area contributed by atoms with Crippen molar-refractivity contribution in [3.8, 4) is 11.5 Å². The summed E-state index contributed by atoms with van der Waals surface area (Å²) in [5.74, 6) is 1.01. The maximum atomic E-state index is 11.7. The van der Waals surface area contributed by atoms with Crippen LogP contribution in [0.2, 0.25) is 0 Å². The van der Waals surface area contributed by atoms with Crippen molar-refractivity contribution in [3.63, 3.8) is 0 Å². The minimum atomic E-state index is -0.175. The first-order chi connectivity index (χ1) is 10.6. The van der Waals surface area contributed by atoms with Crippen LogP contribution in [0.1, 0.15) is 42.0 Å². The third-order valence-corrected chi connectivity index (χ3v) is 5.65. The summed E-state index contributed by atoms with van der Waals surface area (Å²) in [7, 11) is 3.77. The zero-order valence-electron chi connectivity index (χ0n) is 13.1. The number of carbonyl (C=O) groups excluding carboxylic acids is 1. The predicted octanol–water partition coefficient (Wildman–Crippen LogP) is 2.49. The molecule has 1 aliphatic heterocycles. The monoisotopic (exact) mass is 299 g/mol. The lowest BCUT2D eigenvalue weighted by Crippen LogP contribution is -2.31. The number of nitrogens with zero attached hydrogens (tertiary/aromatic N) is 1. The molecule has 2 atom stereocenters. The number of rotatable bonds is 1. The molecule has 116 valence electrons. The molecule has 0 radical (unpaired) electrons. The highest BCUT2D eigenvalue weighted by atomic mass is 16.5. The van der Waals surface area contributed by atoms with Gasteiger partial charge in [-0.15, -0.1) is 0 Å². The van der Waals surface area contributed by atoms with Crippen LogP contribution in [0.3, 0.4) is 0 Å². The molecule has 4 nitrogen and oxygen atoms in total. The van der Waals surface area contributed by atoms with E-state index >= 15 is 0 Å². The summed E-state index contributed by atoms with van der Waals surface area (Å²) in [5, 5.41) is 10.4. The quantitative estimate of drug-likeness (QED) is 0.865. The second-order valence-corrected chi connectivity index (χ2v) is 6.78. The van der Waals surface area contributed by atoms with E-state index < -0.39 is 0 Å². The third kappa shape index (κ3) is 1.70. The molecule has 0 amide bonds. The van der Waals surface area contributed by atoms with Crippen LogP contribution < -0.4 is 4.74 Å². The molecule has 4 rings (SSSR count). The lowest BCUT2D eigenvalue weighted by molar-refractivity contribution is -0.115. The Morgan fingerprint density at radius 1 is 1.41 bits per heavy atom. The Kier molecular flexibility index (Phi) is 2.89. The number of likely N-dealkylation sites (N-methyl/N-ethyl adjacent to an activating group) is 1. The fourth-order valence-corrected chi connectivity index (χ4v) is 4.53. The average molecular weight is 299 g/mol. The number of ether oxygens (including phenoxy) is 1. The van der Waals surface area contributed by atoms with Crippen molar-refractivity contribution in [1.82, 2.24) is 4.90 Å². The van der Waals surface area contributed by atoms with Crippen molar-refractivity contribution in [3.05, 3.63) is 34.9 Å². The summed E-state index contributed by atoms with van der Waals surface area (Å²) in [6.45, 7) is 1.00. The minimum Gasteiger partial charge on any atom is -0.504 e. The number of carbonyl (C=O) groups is 1. The van der Waals surface area contributed by atoms with Gasteiger partial charge < -0.3 is 9.84 Å². The van der Waals surface area contributed by atoms with Gasteiger partial charge in [0.1, 0.15) is 0 Å². The number of phenols is 1. The van der Waals surface area contributed by atoms with Gasteiger partial charge in [0.25, 0.3) is 0 Å². The fraction of sp³-hybridized carbons (Fsp3) is 0.500. The first-order valence-electron chi connectivity index (χ1n) is 7.91. The van der Waals surface area contributed by atoms with Crippen LogP contribution in [-0.2, 0) is 16.6 Å². The molecule has 0 unspecified atom stereocenters. The van der Waals surface area contributed by atoms with Crippen molar-refractivity contribution >= 4 is 5.78 Å². The zero-order chi connectivity index (χ0) is 15.5. The predicted molar refractivity (Wildman–Crippen MR) is 83.4 cm³/mol. The Bertz CT molecular complexity index is 694. The number of hydrogen-bond donors (Lipinski definition) is 1. The van der Waals surface area contributed by atoms with Gasteiger partial charge in [0.05, 0.1) is 7.11 Å². The molecule has 0 saturated carbocycles. The van der Waals surface area contributed by atoms with Gasteiger partial charge in [-0.1, -0.05) is 6.08 Å². The Morgan fingerprint density at radius 3 is 2.91 bits per heavy atom. The van der Waals surface area contributed by atoms with Gasteiger partial charge in [-0.05, 0) is 49.6 Å². The molecule has 1 aromatic carbocycles. The van der Waals surface area contributed by atoms with E-state index in [2.05, 4.69) is 18.0 Å². The summed E-state index contributed by atoms with van der Waals surface area (Å²) >= 11 is 0. The van der Waals surface area contributed by atoms with Crippen LogP contribution in [0.25, 0.3) is 0 Å². The Labute approximate surface area is 130 Å². The SMILES string of the molecule is COc1c(O)cc2c3c1[C@]1(C=CC(=O)CC1)C[C@@H]3N(C)CC2. The van der Waals surface area contributed by atoms with E-state index in [0.29, 0.717) is 18.2 Å². The molecule has 0 aromatic heterocycles. The van der Waals surface area contributed by atoms with Crippen LogP contribution in [0.15, 0.2) is 18.2 Å². The van der Waals surface area contributed by atoms with Crippen LogP contribution in [0, 0.1) is 0 Å². The van der Waals surface area contributed by atoms with Gasteiger partial charge in [0.2, 0.25) is 0 Å². The molecule has 1 heterocycles. The number of allylic oxidation sites excluding steroid dienone is 2. The largest absolute Gasteiger partial charge is 0.504 e. The van der Waals surface area contributed by atoms with Crippen molar-refractivity contribution in [2.24, 2.45) is 0 Å². The van der Waals surface area contributed by atoms with Crippen LogP contribution >= 0.6 is 0 Å². The van der Waals surface area contributed by atoms with Gasteiger partial charge in [-0.25, -0.2) is 0 Å². The highest BCUT2D eigenvalue weighted by molar-refractivity contribution is 5.91. The average Bonchev–Trinajstić information content (AvgIpc) is 2.83. The van der Waals surface area contributed by atoms with Crippen molar-refractivity contribution < 1.29 is 14.6 Å². The molecule has 1 spiro atoms. The number of aromatic hydroxyl groups is 1. The maximum Gasteiger partial charge on any atom is 0.164 e. The number of methoxy groups -OCH3 is 1. The summed E-state index contributed by atoms with van der Waals surface area (Å²) < 4.78 is 5.56. The van der Waals surface area contributed by atoms with Gasteiger partial charge in [0.15, 0.2) is 17.3 Å². The van der Waals surface area contributed by atoms with Crippen molar-refractivity contribution in [2.45, 2.75) is 37.1 Å². The standard InChI is InChI=1S/C18H21NO3/c1-19-8-5-11-9-14(21)17(22-2)16-15(11)13(19)10-18(16)6-3-12(20)4-7-18/h3,6,9,13,21H,4-5,7-8,10H2,1-2H3/t13-,18-/m0/s1. The maximum absolute atomic E-state index is 11.7. The number of ketones is 1. The van der Waals surface area contributed by atoms with E-state index in [1.807, 2.05) is 6.07 Å². The lowest BCUT2D eigenvalue weighted by Gasteiger charge is -2.32. The molecule has 22 heavy (non-hydrogen) atoms. The van der Waals surface area contributed by atoms with E-state index in [1.165, 1.54) is 11.1 Å². The first kappa shape index (κ1) is 13.8. The molecule has 0 bridgehead atoms. The summed E-state index contributed by atoms with van der Waals surface area (Å²) in [4.78, 5) is 14.0. The molecule has 2 aliphatic carbocycles. The minimum absolute atomic E-state index is 0.175. The molecule has 1 N–H and O–H groups in total. The van der Waals surface area contributed by atoms with Crippen molar-refractivity contribution in [2.75, 3.05) is 20.7 Å². The number of fused-ring (bicyclic) bond motifs is 1. The van der Waals surface area contributed by atoms with E-state index in [9.17, 15) is 9.90 Å². The van der Waals surface area contributed by atoms with E-state index in [4.69, 9.17) is 4.74 Å². The summed E-state index contributed by atoms with van der Waals surface area (Å²) in [6, 6.07) is 2.22. The number of phenolic OH excluding ortho intramolecular Hbond substituents is 1. The number of benzene rings is 1. The fourth-order valence-electron chi connectivity index (χ4n) is 4.53. The topological polar surface area (TPSA) is 49.8 Å². The molecule has 1 aromatic rings. The molecule has 4 heteroatoms. The van der Waals surface area contributed by atoms with Gasteiger partial charge in [0, 0.05) is 30.0 Å². The van der Waals surface area contributed by atoms with Gasteiger partial charge >= 0.3 is 0 Å². The van der Waals surface area contributed by atoms with Gasteiger partial charge in [-0.3, -0.25) is 9.69 Å². The van der Waals surface area contributed by atoms with Crippen LogP contribution in [0.4, 0.5) is 0 Å². The smallest absolute Gasteiger partial charge is 0.164 e. The second kappa shape index (κ2) is 4.59. The van der Waals surface area contributed by atoms with Crippen molar-refractivity contribution in [1.29, 1.82) is 0 Å². The Hall–Kier alpha value is -1.81. The Morgan fingerprint density at radius 2 is 2.23 bits per heavy atom. The highest BCUT2D eigenvalue weighted by Crippen LogP contribution is 2.59. The third-order valence-electron chi connectivity index (χ3n) is 5.65. The molecule has 0 saturated heterocycles. The second-order valence-electron chi connectivity index (χ2n) is 6.78. The van der Waals surface area contributed by atoms with Crippen LogP contribution in [0.5, 0.6) is 11.5 Å². The molecular formula is C18H21NO3. The van der Waals surface area contributed by atoms with Crippen LogP contribution in [-0.4, -0.2) is 36.5 Å². The van der Waals surface area contributed by atoms with E-state index in [1.54, 1.807) is 13.2 Å². The lowest BCUT2D eigenvalue weighted by atomic mass is 9.73. The summed E-state index contributed by atoms with van der Waals surface area (Å²) in [5.41, 5.74) is 3.50. The summed E-state index contributed by atoms with van der Waals surface area (Å²) in [6.07, 6.45) is 7.07. The number of hydrogen-bond acceptors (Lipinski definition) is 4. The van der Waals surface area contributed by atoms with E-state index in [0.717, 1.165) is 31.4 Å². The Balaban J connectivity index is 2.00. The molecular weight excluding hydrogens is 278 g/mol. The molecule has 3 aliphatic rings. The normalized spacial score (nSPS) is 29.9. The first-order valence-corrected chi connectivity index (χ1v) is 7.91.